The highest BCUT2D eigenvalue weighted by atomic mass is 16.5. The lowest BCUT2D eigenvalue weighted by atomic mass is 10.0. The normalized spacial score (nSPS) is 20.9. The Bertz CT molecular complexity index is 745. The molecule has 0 aromatic carbocycles. The third kappa shape index (κ3) is 3.94. The van der Waals surface area contributed by atoms with Gasteiger partial charge in [0.05, 0.1) is 24.9 Å². The van der Waals surface area contributed by atoms with Gasteiger partial charge in [-0.1, -0.05) is 13.8 Å². The molecule has 0 unspecified atom stereocenters. The molecule has 2 aromatic rings. The van der Waals surface area contributed by atoms with E-state index in [0.29, 0.717) is 18.7 Å². The molecule has 1 fully saturated rings. The zero-order valence-corrected chi connectivity index (χ0v) is 15.7. The molecule has 0 saturated carbocycles. The molecule has 0 radical (unpaired) electrons. The molecule has 1 amide bonds. The molecule has 3 heterocycles. The van der Waals surface area contributed by atoms with E-state index in [0.717, 1.165) is 30.6 Å². The number of rotatable bonds is 6. The van der Waals surface area contributed by atoms with Gasteiger partial charge in [0, 0.05) is 49.9 Å². The van der Waals surface area contributed by atoms with Gasteiger partial charge < -0.3 is 10.1 Å². The number of carbonyl (C=O) groups is 1. The zero-order valence-electron chi connectivity index (χ0n) is 15.7. The number of aromatic nitrogens is 3. The number of hydrogen-bond acceptors (Lipinski definition) is 5. The van der Waals surface area contributed by atoms with Crippen LogP contribution in [0, 0.1) is 0 Å². The average Bonchev–Trinajstić information content (AvgIpc) is 3.11. The van der Waals surface area contributed by atoms with Gasteiger partial charge in [-0.2, -0.15) is 5.10 Å². The second-order valence-corrected chi connectivity index (χ2v) is 6.53. The lowest BCUT2D eigenvalue weighted by molar-refractivity contribution is -0.0685. The topological polar surface area (TPSA) is 72.3 Å². The smallest absolute Gasteiger partial charge is 0.251 e. The van der Waals surface area contributed by atoms with Gasteiger partial charge >= 0.3 is 0 Å². The van der Waals surface area contributed by atoms with Crippen molar-refractivity contribution in [3.63, 3.8) is 0 Å². The summed E-state index contributed by atoms with van der Waals surface area (Å²) in [5.74, 6) is -0.0774. The van der Waals surface area contributed by atoms with Crippen molar-refractivity contribution in [2.75, 3.05) is 26.2 Å². The van der Waals surface area contributed by atoms with Crippen LogP contribution in [0.15, 0.2) is 30.9 Å². The van der Waals surface area contributed by atoms with Gasteiger partial charge in [0.25, 0.3) is 5.91 Å². The van der Waals surface area contributed by atoms with Crippen molar-refractivity contribution >= 4 is 5.91 Å². The number of carbonyl (C=O) groups excluding carboxylic acids is 1. The molecule has 0 bridgehead atoms. The SMILES string of the molecule is CCc1cnccc1C(=O)NC[C@@H]1OCCN(CC)[C@H]1c1cnn(C)c1. The lowest BCUT2D eigenvalue weighted by Gasteiger charge is -2.40. The van der Waals surface area contributed by atoms with E-state index in [1.807, 2.05) is 26.4 Å². The van der Waals surface area contributed by atoms with Crippen LogP contribution in [0.1, 0.15) is 41.4 Å². The molecule has 140 valence electrons. The second-order valence-electron chi connectivity index (χ2n) is 6.53. The van der Waals surface area contributed by atoms with Crippen LogP contribution in [0.25, 0.3) is 0 Å². The quantitative estimate of drug-likeness (QED) is 0.850. The Balaban J connectivity index is 1.73. The van der Waals surface area contributed by atoms with Gasteiger partial charge in [0.15, 0.2) is 0 Å². The highest BCUT2D eigenvalue weighted by Crippen LogP contribution is 2.28. The maximum absolute atomic E-state index is 12.6. The van der Waals surface area contributed by atoms with Crippen LogP contribution < -0.4 is 5.32 Å². The lowest BCUT2D eigenvalue weighted by Crippen LogP contribution is -2.49. The number of ether oxygens (including phenoxy) is 1. The van der Waals surface area contributed by atoms with Crippen LogP contribution in [0.3, 0.4) is 0 Å². The highest BCUT2D eigenvalue weighted by molar-refractivity contribution is 5.95. The average molecular weight is 357 g/mol. The number of likely N-dealkylation sites (N-methyl/N-ethyl adjacent to an activating group) is 1. The van der Waals surface area contributed by atoms with Crippen molar-refractivity contribution in [1.82, 2.24) is 25.0 Å². The summed E-state index contributed by atoms with van der Waals surface area (Å²) >= 11 is 0. The molecule has 2 atom stereocenters. The Morgan fingerprint density at radius 2 is 2.23 bits per heavy atom. The molecule has 7 heteroatoms. The summed E-state index contributed by atoms with van der Waals surface area (Å²) in [4.78, 5) is 19.1. The third-order valence-corrected chi connectivity index (χ3v) is 4.92. The summed E-state index contributed by atoms with van der Waals surface area (Å²) in [6, 6.07) is 1.86. The monoisotopic (exact) mass is 357 g/mol. The van der Waals surface area contributed by atoms with Crippen LogP contribution in [0.5, 0.6) is 0 Å². The first-order valence-electron chi connectivity index (χ1n) is 9.19. The fourth-order valence-electron chi connectivity index (χ4n) is 3.55. The molecule has 0 spiro atoms. The Morgan fingerprint density at radius 3 is 2.92 bits per heavy atom. The van der Waals surface area contributed by atoms with E-state index in [1.54, 1.807) is 23.1 Å². The summed E-state index contributed by atoms with van der Waals surface area (Å²) in [7, 11) is 1.91. The van der Waals surface area contributed by atoms with Gasteiger partial charge in [-0.15, -0.1) is 0 Å². The third-order valence-electron chi connectivity index (χ3n) is 4.92. The Labute approximate surface area is 154 Å². The van der Waals surface area contributed by atoms with E-state index < -0.39 is 0 Å². The molecule has 1 aliphatic heterocycles. The maximum Gasteiger partial charge on any atom is 0.251 e. The van der Waals surface area contributed by atoms with Crippen molar-refractivity contribution in [2.45, 2.75) is 32.4 Å². The minimum atomic E-state index is -0.108. The minimum Gasteiger partial charge on any atom is -0.373 e. The molecular formula is C19H27N5O2. The van der Waals surface area contributed by atoms with Gasteiger partial charge in [-0.05, 0) is 24.6 Å². The van der Waals surface area contributed by atoms with E-state index in [-0.39, 0.29) is 18.1 Å². The molecular weight excluding hydrogens is 330 g/mol. The standard InChI is InChI=1S/C19H27N5O2/c1-4-14-10-20-7-6-16(14)19(25)21-12-17-18(15-11-22-23(3)13-15)24(5-2)8-9-26-17/h6-7,10-11,13,17-18H,4-5,8-9,12H2,1-3H3,(H,21,25)/t17-,18-/m0/s1. The van der Waals surface area contributed by atoms with Gasteiger partial charge in [0.2, 0.25) is 0 Å². The molecule has 0 aliphatic carbocycles. The van der Waals surface area contributed by atoms with Gasteiger partial charge in [0.1, 0.15) is 0 Å². The fourth-order valence-corrected chi connectivity index (χ4v) is 3.55. The van der Waals surface area contributed by atoms with Gasteiger partial charge in [-0.3, -0.25) is 19.4 Å². The predicted octanol–water partition coefficient (Wildman–Crippen LogP) is 1.57. The first-order chi connectivity index (χ1) is 12.6. The minimum absolute atomic E-state index is 0.0774. The van der Waals surface area contributed by atoms with Crippen molar-refractivity contribution in [3.8, 4) is 0 Å². The number of aryl methyl sites for hydroxylation is 2. The Kier molecular flexibility index (Phi) is 6.00. The zero-order chi connectivity index (χ0) is 18.5. The molecule has 1 saturated heterocycles. The summed E-state index contributed by atoms with van der Waals surface area (Å²) in [5.41, 5.74) is 2.75. The maximum atomic E-state index is 12.6. The second kappa shape index (κ2) is 8.42. The number of pyridine rings is 1. The van der Waals surface area contributed by atoms with Crippen molar-refractivity contribution in [1.29, 1.82) is 0 Å². The first-order valence-corrected chi connectivity index (χ1v) is 9.19. The van der Waals surface area contributed by atoms with Crippen LogP contribution in [-0.2, 0) is 18.2 Å². The van der Waals surface area contributed by atoms with E-state index in [4.69, 9.17) is 4.74 Å². The summed E-state index contributed by atoms with van der Waals surface area (Å²) in [6.45, 7) is 7.11. The van der Waals surface area contributed by atoms with E-state index in [9.17, 15) is 4.79 Å². The van der Waals surface area contributed by atoms with Crippen LogP contribution in [-0.4, -0.2) is 57.9 Å². The molecule has 1 N–H and O–H groups in total. The van der Waals surface area contributed by atoms with Crippen LogP contribution in [0.4, 0.5) is 0 Å². The first kappa shape index (κ1) is 18.5. The summed E-state index contributed by atoms with van der Waals surface area (Å²) in [5, 5.41) is 7.35. The number of nitrogens with zero attached hydrogens (tertiary/aromatic N) is 4. The number of morpholine rings is 1. The van der Waals surface area contributed by atoms with Crippen LogP contribution in [0.2, 0.25) is 0 Å². The summed E-state index contributed by atoms with van der Waals surface area (Å²) in [6.07, 6.45) is 7.98. The number of amides is 1. The van der Waals surface area contributed by atoms with Gasteiger partial charge in [-0.25, -0.2) is 0 Å². The van der Waals surface area contributed by atoms with Crippen molar-refractivity contribution < 1.29 is 9.53 Å². The highest BCUT2D eigenvalue weighted by Gasteiger charge is 2.34. The van der Waals surface area contributed by atoms with Crippen LogP contribution >= 0.6 is 0 Å². The van der Waals surface area contributed by atoms with E-state index >= 15 is 0 Å². The molecule has 2 aromatic heterocycles. The fraction of sp³-hybridized carbons (Fsp3) is 0.526. The Hall–Kier alpha value is -2.25. The number of hydrogen-bond donors (Lipinski definition) is 1. The molecule has 3 rings (SSSR count). The number of nitrogens with one attached hydrogen (secondary N) is 1. The molecule has 26 heavy (non-hydrogen) atoms. The molecule has 7 nitrogen and oxygen atoms in total. The predicted molar refractivity (Wildman–Crippen MR) is 98.9 cm³/mol. The van der Waals surface area contributed by atoms with E-state index in [1.165, 1.54) is 0 Å². The Morgan fingerprint density at radius 1 is 1.38 bits per heavy atom. The van der Waals surface area contributed by atoms with Crippen molar-refractivity contribution in [2.24, 2.45) is 7.05 Å². The van der Waals surface area contributed by atoms with E-state index in [2.05, 4.69) is 27.2 Å². The summed E-state index contributed by atoms with van der Waals surface area (Å²) < 4.78 is 7.83. The molecule has 1 aliphatic rings. The largest absolute Gasteiger partial charge is 0.373 e. The van der Waals surface area contributed by atoms with Crippen molar-refractivity contribution in [3.05, 3.63) is 47.5 Å².